The van der Waals surface area contributed by atoms with Crippen LogP contribution in [-0.2, 0) is 0 Å². The van der Waals surface area contributed by atoms with E-state index in [1.807, 2.05) is 6.92 Å². The number of hydrogen-bond acceptors (Lipinski definition) is 2. The molecule has 72 valence electrons. The molecule has 0 saturated heterocycles. The second kappa shape index (κ2) is 4.68. The number of benzene rings is 1. The molecule has 1 N–H and O–H groups in total. The highest BCUT2D eigenvalue weighted by atomic mass is 32.2. The normalized spacial score (nSPS) is 12.9. The third kappa shape index (κ3) is 3.05. The van der Waals surface area contributed by atoms with Crippen molar-refractivity contribution < 1.29 is 5.11 Å². The predicted octanol–water partition coefficient (Wildman–Crippen LogP) is 2.78. The molecule has 0 radical (unpaired) electrons. The van der Waals surface area contributed by atoms with Gasteiger partial charge in [-0.2, -0.15) is 0 Å². The van der Waals surface area contributed by atoms with Gasteiger partial charge >= 0.3 is 0 Å². The summed E-state index contributed by atoms with van der Waals surface area (Å²) in [5.74, 6) is 0.770. The van der Waals surface area contributed by atoms with Crippen molar-refractivity contribution in [3.05, 3.63) is 29.3 Å². The lowest BCUT2D eigenvalue weighted by molar-refractivity contribution is 0.220. The van der Waals surface area contributed by atoms with Crippen molar-refractivity contribution in [2.24, 2.45) is 0 Å². The van der Waals surface area contributed by atoms with E-state index in [9.17, 15) is 5.11 Å². The van der Waals surface area contributed by atoms with E-state index in [0.29, 0.717) is 0 Å². The molecule has 0 spiro atoms. The fourth-order valence-corrected chi connectivity index (χ4v) is 2.23. The van der Waals surface area contributed by atoms with E-state index >= 15 is 0 Å². The van der Waals surface area contributed by atoms with Gasteiger partial charge < -0.3 is 5.11 Å². The van der Waals surface area contributed by atoms with Crippen LogP contribution < -0.4 is 0 Å². The molecule has 1 aromatic rings. The van der Waals surface area contributed by atoms with Gasteiger partial charge in [-0.05, 0) is 31.9 Å². The lowest BCUT2D eigenvalue weighted by atomic mass is 10.2. The van der Waals surface area contributed by atoms with Gasteiger partial charge in [-0.3, -0.25) is 0 Å². The summed E-state index contributed by atoms with van der Waals surface area (Å²) >= 11 is 1.73. The van der Waals surface area contributed by atoms with Crippen molar-refractivity contribution in [1.29, 1.82) is 0 Å². The maximum atomic E-state index is 9.17. The maximum Gasteiger partial charge on any atom is 0.0606 e. The van der Waals surface area contributed by atoms with Crippen LogP contribution in [0.3, 0.4) is 0 Å². The van der Waals surface area contributed by atoms with Crippen LogP contribution in [0.2, 0.25) is 0 Å². The van der Waals surface area contributed by atoms with Crippen molar-refractivity contribution in [3.63, 3.8) is 0 Å². The monoisotopic (exact) mass is 196 g/mol. The molecule has 1 aromatic carbocycles. The molecule has 1 rings (SSSR count). The topological polar surface area (TPSA) is 20.2 Å². The van der Waals surface area contributed by atoms with Crippen LogP contribution in [-0.4, -0.2) is 17.0 Å². The van der Waals surface area contributed by atoms with Crippen LogP contribution in [0.1, 0.15) is 18.1 Å². The average molecular weight is 196 g/mol. The van der Waals surface area contributed by atoms with E-state index in [1.54, 1.807) is 11.8 Å². The quantitative estimate of drug-likeness (QED) is 0.750. The summed E-state index contributed by atoms with van der Waals surface area (Å²) in [5.41, 5.74) is 2.59. The third-order valence-electron chi connectivity index (χ3n) is 1.88. The van der Waals surface area contributed by atoms with Gasteiger partial charge in [0.15, 0.2) is 0 Å². The minimum atomic E-state index is -0.232. The largest absolute Gasteiger partial charge is 0.393 e. The summed E-state index contributed by atoms with van der Waals surface area (Å²) < 4.78 is 0. The van der Waals surface area contributed by atoms with Gasteiger partial charge in [0, 0.05) is 10.6 Å². The highest BCUT2D eigenvalue weighted by Crippen LogP contribution is 2.26. The molecule has 1 nitrogen and oxygen atoms in total. The van der Waals surface area contributed by atoms with Crippen LogP contribution in [0.25, 0.3) is 0 Å². The second-order valence-electron chi connectivity index (χ2n) is 3.38. The van der Waals surface area contributed by atoms with Gasteiger partial charge in [0.1, 0.15) is 0 Å². The van der Waals surface area contributed by atoms with Crippen LogP contribution in [0, 0.1) is 13.8 Å². The summed E-state index contributed by atoms with van der Waals surface area (Å²) in [5, 5.41) is 9.17. The number of aliphatic hydroxyl groups is 1. The first-order chi connectivity index (χ1) is 6.11. The Balaban J connectivity index is 2.75. The molecule has 0 aliphatic carbocycles. The number of thioether (sulfide) groups is 1. The van der Waals surface area contributed by atoms with Gasteiger partial charge in [-0.1, -0.05) is 18.2 Å². The molecule has 1 atom stereocenters. The standard InChI is InChI=1S/C11H16OS/c1-8-5-4-6-9(2)11(8)13-7-10(3)12/h4-6,10,12H,7H2,1-3H3. The lowest BCUT2D eigenvalue weighted by Gasteiger charge is -2.09. The molecule has 0 heterocycles. The Labute approximate surface area is 84.2 Å². The van der Waals surface area contributed by atoms with Crippen LogP contribution in [0.4, 0.5) is 0 Å². The molecule has 0 bridgehead atoms. The summed E-state index contributed by atoms with van der Waals surface area (Å²) in [6, 6.07) is 6.28. The Morgan fingerprint density at radius 1 is 1.31 bits per heavy atom. The molecule has 0 aliphatic heterocycles. The summed E-state index contributed by atoms with van der Waals surface area (Å²) in [4.78, 5) is 1.31. The first-order valence-electron chi connectivity index (χ1n) is 4.48. The van der Waals surface area contributed by atoms with Crippen molar-refractivity contribution in [2.45, 2.75) is 31.8 Å². The van der Waals surface area contributed by atoms with Gasteiger partial charge in [0.05, 0.1) is 6.10 Å². The van der Waals surface area contributed by atoms with Crippen LogP contribution in [0.15, 0.2) is 23.1 Å². The molecule has 0 aromatic heterocycles. The Bertz CT molecular complexity index is 261. The van der Waals surface area contributed by atoms with E-state index in [1.165, 1.54) is 16.0 Å². The molecule has 0 aliphatic rings. The fraction of sp³-hybridized carbons (Fsp3) is 0.455. The first-order valence-corrected chi connectivity index (χ1v) is 5.47. The first kappa shape index (κ1) is 10.6. The zero-order chi connectivity index (χ0) is 9.84. The molecular formula is C11H16OS. The molecule has 0 amide bonds. The predicted molar refractivity (Wildman–Crippen MR) is 58.3 cm³/mol. The smallest absolute Gasteiger partial charge is 0.0606 e. The van der Waals surface area contributed by atoms with Crippen molar-refractivity contribution in [2.75, 3.05) is 5.75 Å². The highest BCUT2D eigenvalue weighted by molar-refractivity contribution is 7.99. The van der Waals surface area contributed by atoms with E-state index in [-0.39, 0.29) is 6.10 Å². The molecule has 0 saturated carbocycles. The van der Waals surface area contributed by atoms with E-state index in [4.69, 9.17) is 0 Å². The third-order valence-corrected chi connectivity index (χ3v) is 3.46. The SMILES string of the molecule is Cc1cccc(C)c1SCC(C)O. The molecule has 13 heavy (non-hydrogen) atoms. The average Bonchev–Trinajstić information content (AvgIpc) is 2.03. The zero-order valence-electron chi connectivity index (χ0n) is 8.37. The number of rotatable bonds is 3. The van der Waals surface area contributed by atoms with Gasteiger partial charge in [-0.15, -0.1) is 11.8 Å². The van der Waals surface area contributed by atoms with Crippen LogP contribution >= 0.6 is 11.8 Å². The van der Waals surface area contributed by atoms with E-state index in [0.717, 1.165) is 5.75 Å². The fourth-order valence-electron chi connectivity index (χ4n) is 1.23. The van der Waals surface area contributed by atoms with Crippen LogP contribution in [0.5, 0.6) is 0 Å². The number of aliphatic hydroxyl groups excluding tert-OH is 1. The van der Waals surface area contributed by atoms with E-state index in [2.05, 4.69) is 32.0 Å². The zero-order valence-corrected chi connectivity index (χ0v) is 9.19. The maximum absolute atomic E-state index is 9.17. The van der Waals surface area contributed by atoms with E-state index < -0.39 is 0 Å². The Hall–Kier alpha value is -0.470. The Morgan fingerprint density at radius 3 is 2.31 bits per heavy atom. The Morgan fingerprint density at radius 2 is 1.85 bits per heavy atom. The van der Waals surface area contributed by atoms with Gasteiger partial charge in [0.25, 0.3) is 0 Å². The highest BCUT2D eigenvalue weighted by Gasteiger charge is 2.04. The number of aryl methyl sites for hydroxylation is 2. The van der Waals surface area contributed by atoms with Crippen molar-refractivity contribution in [3.8, 4) is 0 Å². The van der Waals surface area contributed by atoms with Gasteiger partial charge in [0.2, 0.25) is 0 Å². The van der Waals surface area contributed by atoms with Gasteiger partial charge in [-0.25, -0.2) is 0 Å². The minimum absolute atomic E-state index is 0.232. The summed E-state index contributed by atoms with van der Waals surface area (Å²) in [6.45, 7) is 6.04. The summed E-state index contributed by atoms with van der Waals surface area (Å²) in [7, 11) is 0. The molecule has 1 unspecified atom stereocenters. The molecule has 0 fully saturated rings. The van der Waals surface area contributed by atoms with Crippen molar-refractivity contribution in [1.82, 2.24) is 0 Å². The second-order valence-corrected chi connectivity index (χ2v) is 4.41. The summed E-state index contributed by atoms with van der Waals surface area (Å²) in [6.07, 6.45) is -0.232. The number of hydrogen-bond donors (Lipinski definition) is 1. The minimum Gasteiger partial charge on any atom is -0.393 e. The Kier molecular flexibility index (Phi) is 3.82. The van der Waals surface area contributed by atoms with Crippen molar-refractivity contribution >= 4 is 11.8 Å². The molecular weight excluding hydrogens is 180 g/mol. The molecule has 2 heteroatoms. The lowest BCUT2D eigenvalue weighted by Crippen LogP contribution is -2.03.